The van der Waals surface area contributed by atoms with Gasteiger partial charge in [0.1, 0.15) is 6.54 Å². The normalized spacial score (nSPS) is 11.9. The van der Waals surface area contributed by atoms with Crippen LogP contribution >= 0.6 is 0 Å². The number of aryl methyl sites for hydroxylation is 1. The number of hydrogen-bond acceptors (Lipinski definition) is 7. The zero-order valence-electron chi connectivity index (χ0n) is 17.3. The van der Waals surface area contributed by atoms with Gasteiger partial charge in [0.15, 0.2) is 0 Å². The summed E-state index contributed by atoms with van der Waals surface area (Å²) in [6.07, 6.45) is 0.906. The van der Waals surface area contributed by atoms with E-state index >= 15 is 0 Å². The zero-order valence-corrected chi connectivity index (χ0v) is 18.9. The maximum absolute atomic E-state index is 12.5. The number of sulfonamides is 2. The second kappa shape index (κ2) is 8.99. The van der Waals surface area contributed by atoms with E-state index in [0.29, 0.717) is 5.56 Å². The first-order chi connectivity index (χ1) is 14.2. The predicted molar refractivity (Wildman–Crippen MR) is 116 cm³/mol. The molecule has 0 aliphatic rings. The fourth-order valence-electron chi connectivity index (χ4n) is 2.57. The van der Waals surface area contributed by atoms with Gasteiger partial charge in [-0.1, -0.05) is 6.07 Å². The molecule has 0 saturated carbocycles. The largest absolute Gasteiger partial charge is 0.324 e. The van der Waals surface area contributed by atoms with Crippen LogP contribution in [0.1, 0.15) is 5.56 Å². The number of carbonyl (C=O) groups excluding carboxylic acids is 1. The molecule has 0 spiro atoms. The van der Waals surface area contributed by atoms with Crippen LogP contribution in [0.3, 0.4) is 0 Å². The fraction of sp³-hybridized carbons (Fsp3) is 0.278. The van der Waals surface area contributed by atoms with E-state index in [2.05, 4.69) is 5.32 Å². The Morgan fingerprint density at radius 2 is 1.65 bits per heavy atom. The lowest BCUT2D eigenvalue weighted by atomic mass is 10.2. The Morgan fingerprint density at radius 1 is 1.06 bits per heavy atom. The van der Waals surface area contributed by atoms with Crippen molar-refractivity contribution in [1.82, 2.24) is 4.31 Å². The van der Waals surface area contributed by atoms with E-state index < -0.39 is 37.4 Å². The van der Waals surface area contributed by atoms with E-state index in [1.54, 1.807) is 6.92 Å². The Balaban J connectivity index is 2.30. The topological polar surface area (TPSA) is 147 Å². The molecular formula is C18H22N4O7S2. The minimum atomic E-state index is -3.90. The van der Waals surface area contributed by atoms with Crippen molar-refractivity contribution < 1.29 is 26.6 Å². The summed E-state index contributed by atoms with van der Waals surface area (Å²) in [5, 5.41) is 13.4. The summed E-state index contributed by atoms with van der Waals surface area (Å²) in [5.74, 6) is -0.723. The number of hydrogen-bond donors (Lipinski definition) is 1. The molecule has 168 valence electrons. The van der Waals surface area contributed by atoms with E-state index in [0.717, 1.165) is 14.9 Å². The summed E-state index contributed by atoms with van der Waals surface area (Å²) in [4.78, 5) is 22.8. The second-order valence-electron chi connectivity index (χ2n) is 6.86. The quantitative estimate of drug-likeness (QED) is 0.455. The first-order valence-corrected chi connectivity index (χ1v) is 12.1. The first kappa shape index (κ1) is 24.2. The number of anilines is 2. The number of non-ortho nitro benzene ring substituents is 1. The van der Waals surface area contributed by atoms with Crippen LogP contribution in [-0.2, 0) is 24.8 Å². The van der Waals surface area contributed by atoms with Crippen LogP contribution in [0.5, 0.6) is 0 Å². The highest BCUT2D eigenvalue weighted by molar-refractivity contribution is 7.92. The van der Waals surface area contributed by atoms with Gasteiger partial charge in [0.25, 0.3) is 5.69 Å². The van der Waals surface area contributed by atoms with E-state index in [1.165, 1.54) is 56.6 Å². The molecule has 2 rings (SSSR count). The molecule has 0 bridgehead atoms. The number of nitrogens with zero attached hydrogens (tertiary/aromatic N) is 3. The van der Waals surface area contributed by atoms with E-state index in [4.69, 9.17) is 0 Å². The van der Waals surface area contributed by atoms with Crippen molar-refractivity contribution in [3.63, 3.8) is 0 Å². The zero-order chi connectivity index (χ0) is 23.6. The van der Waals surface area contributed by atoms with Crippen molar-refractivity contribution in [3.05, 3.63) is 58.1 Å². The van der Waals surface area contributed by atoms with Crippen molar-refractivity contribution in [2.24, 2.45) is 0 Å². The molecule has 1 N–H and O–H groups in total. The minimum Gasteiger partial charge on any atom is -0.324 e. The average Bonchev–Trinajstić information content (AvgIpc) is 2.66. The standard InChI is InChI=1S/C18H22N4O7S2/c1-13-5-6-15(22(24)25)11-17(13)19-18(23)12-21(30(4,26)27)14-7-9-16(10-8-14)31(28,29)20(2)3/h5-11H,12H2,1-4H3,(H,19,23). The van der Waals surface area contributed by atoms with Crippen LogP contribution in [0.25, 0.3) is 0 Å². The summed E-state index contributed by atoms with van der Waals surface area (Å²) >= 11 is 0. The number of carbonyl (C=O) groups is 1. The Labute approximate surface area is 180 Å². The first-order valence-electron chi connectivity index (χ1n) is 8.78. The van der Waals surface area contributed by atoms with Crippen LogP contribution in [0, 0.1) is 17.0 Å². The van der Waals surface area contributed by atoms with Crippen LogP contribution in [-0.4, -0.2) is 58.9 Å². The van der Waals surface area contributed by atoms with Gasteiger partial charge < -0.3 is 5.32 Å². The summed E-state index contributed by atoms with van der Waals surface area (Å²) < 4.78 is 50.7. The van der Waals surface area contributed by atoms with E-state index in [9.17, 15) is 31.7 Å². The van der Waals surface area contributed by atoms with Crippen molar-refractivity contribution in [3.8, 4) is 0 Å². The van der Waals surface area contributed by atoms with Crippen molar-refractivity contribution in [2.75, 3.05) is 36.5 Å². The molecule has 0 unspecified atom stereocenters. The van der Waals surface area contributed by atoms with Gasteiger partial charge in [-0.15, -0.1) is 0 Å². The second-order valence-corrected chi connectivity index (χ2v) is 10.9. The molecule has 2 aromatic rings. The third-order valence-electron chi connectivity index (χ3n) is 4.30. The van der Waals surface area contributed by atoms with Gasteiger partial charge in [0.05, 0.1) is 27.4 Å². The number of nitro groups is 1. The molecule has 0 aliphatic carbocycles. The molecule has 0 aliphatic heterocycles. The molecule has 0 heterocycles. The van der Waals surface area contributed by atoms with Gasteiger partial charge in [-0.3, -0.25) is 19.2 Å². The average molecular weight is 471 g/mol. The molecule has 0 aromatic heterocycles. The summed E-state index contributed by atoms with van der Waals surface area (Å²) in [5.41, 5.74) is 0.604. The highest BCUT2D eigenvalue weighted by Gasteiger charge is 2.23. The molecule has 31 heavy (non-hydrogen) atoms. The number of rotatable bonds is 8. The third-order valence-corrected chi connectivity index (χ3v) is 7.27. The predicted octanol–water partition coefficient (Wildman–Crippen LogP) is 1.56. The molecule has 0 fully saturated rings. The number of amides is 1. The number of nitrogens with one attached hydrogen (secondary N) is 1. The molecule has 13 heteroatoms. The molecule has 2 aromatic carbocycles. The number of nitro benzene ring substituents is 1. The van der Waals surface area contributed by atoms with Gasteiger partial charge in [-0.05, 0) is 36.8 Å². The highest BCUT2D eigenvalue weighted by Crippen LogP contribution is 2.24. The molecular weight excluding hydrogens is 448 g/mol. The van der Waals surface area contributed by atoms with Gasteiger partial charge in [-0.25, -0.2) is 21.1 Å². The Morgan fingerprint density at radius 3 is 2.13 bits per heavy atom. The lowest BCUT2D eigenvalue weighted by Gasteiger charge is -2.22. The smallest absolute Gasteiger partial charge is 0.271 e. The number of benzene rings is 2. The van der Waals surface area contributed by atoms with Crippen molar-refractivity contribution >= 4 is 43.0 Å². The van der Waals surface area contributed by atoms with Gasteiger partial charge in [0.2, 0.25) is 26.0 Å². The summed E-state index contributed by atoms with van der Waals surface area (Å²) in [6, 6.07) is 8.98. The maximum Gasteiger partial charge on any atom is 0.271 e. The van der Waals surface area contributed by atoms with Crippen LogP contribution in [0.2, 0.25) is 0 Å². The van der Waals surface area contributed by atoms with Crippen molar-refractivity contribution in [1.29, 1.82) is 0 Å². The van der Waals surface area contributed by atoms with Crippen LogP contribution in [0.15, 0.2) is 47.4 Å². The van der Waals surface area contributed by atoms with Gasteiger partial charge in [-0.2, -0.15) is 0 Å². The summed E-state index contributed by atoms with van der Waals surface area (Å²) in [6.45, 7) is 1.03. The molecule has 11 nitrogen and oxygen atoms in total. The molecule has 0 saturated heterocycles. The lowest BCUT2D eigenvalue weighted by Crippen LogP contribution is -2.37. The van der Waals surface area contributed by atoms with Crippen LogP contribution in [0.4, 0.5) is 17.1 Å². The molecule has 0 atom stereocenters. The Bertz CT molecular complexity index is 1210. The van der Waals surface area contributed by atoms with Crippen molar-refractivity contribution in [2.45, 2.75) is 11.8 Å². The molecule has 0 radical (unpaired) electrons. The maximum atomic E-state index is 12.5. The SMILES string of the molecule is Cc1ccc([N+](=O)[O-])cc1NC(=O)CN(c1ccc(S(=O)(=O)N(C)C)cc1)S(C)(=O)=O. The monoisotopic (exact) mass is 470 g/mol. The van der Waals surface area contributed by atoms with Crippen LogP contribution < -0.4 is 9.62 Å². The fourth-order valence-corrected chi connectivity index (χ4v) is 4.33. The lowest BCUT2D eigenvalue weighted by molar-refractivity contribution is -0.384. The van der Waals surface area contributed by atoms with Gasteiger partial charge >= 0.3 is 0 Å². The Hall–Kier alpha value is -3.03. The minimum absolute atomic E-state index is 0.0358. The van der Waals surface area contributed by atoms with Gasteiger partial charge in [0, 0.05) is 26.2 Å². The third kappa shape index (κ3) is 5.77. The summed E-state index contributed by atoms with van der Waals surface area (Å²) in [7, 11) is -4.87. The van der Waals surface area contributed by atoms with E-state index in [-0.39, 0.29) is 22.0 Å². The Kier molecular flexibility index (Phi) is 7.03. The van der Waals surface area contributed by atoms with E-state index in [1.807, 2.05) is 0 Å². The molecule has 1 amide bonds. The highest BCUT2D eigenvalue weighted by atomic mass is 32.2.